The molecule has 0 aromatic heterocycles. The Kier molecular flexibility index (Phi) is 5.29. The molecule has 0 bridgehead atoms. The van der Waals surface area contributed by atoms with Crippen LogP contribution < -0.4 is 4.74 Å². The number of hydrogen-bond donors (Lipinski definition) is 0. The number of rotatable bonds is 4. The van der Waals surface area contributed by atoms with Gasteiger partial charge in [0.05, 0.1) is 18.6 Å². The molecule has 1 aliphatic carbocycles. The van der Waals surface area contributed by atoms with Gasteiger partial charge in [0, 0.05) is 37.7 Å². The van der Waals surface area contributed by atoms with Gasteiger partial charge in [0.1, 0.15) is 5.75 Å². The Hall–Kier alpha value is -1.59. The SMILES string of the molecule is CN(C(=O)Cc1cccc2c1CCO2)[C@H]1CC[C@]2(CCCO2)C[C@@H]1N1CCCC1. The van der Waals surface area contributed by atoms with Crippen molar-refractivity contribution in [3.63, 3.8) is 0 Å². The number of benzene rings is 1. The van der Waals surface area contributed by atoms with Gasteiger partial charge in [-0.15, -0.1) is 0 Å². The van der Waals surface area contributed by atoms with Crippen LogP contribution in [0.15, 0.2) is 18.2 Å². The summed E-state index contributed by atoms with van der Waals surface area (Å²) < 4.78 is 12.0. The molecule has 0 N–H and O–H groups in total. The average Bonchev–Trinajstić information content (AvgIpc) is 3.49. The van der Waals surface area contributed by atoms with Crippen molar-refractivity contribution in [2.45, 2.75) is 75.5 Å². The molecule has 158 valence electrons. The second kappa shape index (κ2) is 7.92. The smallest absolute Gasteiger partial charge is 0.227 e. The quantitative estimate of drug-likeness (QED) is 0.781. The maximum atomic E-state index is 13.3. The van der Waals surface area contributed by atoms with Crippen LogP contribution >= 0.6 is 0 Å². The third kappa shape index (κ3) is 3.68. The van der Waals surface area contributed by atoms with E-state index < -0.39 is 0 Å². The van der Waals surface area contributed by atoms with Gasteiger partial charge in [0.15, 0.2) is 0 Å². The molecule has 5 rings (SSSR count). The summed E-state index contributed by atoms with van der Waals surface area (Å²) in [6, 6.07) is 6.86. The molecule has 1 aromatic carbocycles. The van der Waals surface area contributed by atoms with Crippen molar-refractivity contribution in [1.82, 2.24) is 9.80 Å². The van der Waals surface area contributed by atoms with E-state index in [0.29, 0.717) is 18.5 Å². The Balaban J connectivity index is 1.32. The first-order valence-corrected chi connectivity index (χ1v) is 11.5. The highest BCUT2D eigenvalue weighted by Gasteiger charge is 2.47. The van der Waals surface area contributed by atoms with Crippen LogP contribution in [0.3, 0.4) is 0 Å². The van der Waals surface area contributed by atoms with E-state index in [1.807, 2.05) is 19.2 Å². The molecule has 3 heterocycles. The lowest BCUT2D eigenvalue weighted by atomic mass is 9.76. The van der Waals surface area contributed by atoms with Crippen LogP contribution in [0.1, 0.15) is 56.1 Å². The highest BCUT2D eigenvalue weighted by molar-refractivity contribution is 5.79. The van der Waals surface area contributed by atoms with E-state index in [-0.39, 0.29) is 11.5 Å². The molecule has 29 heavy (non-hydrogen) atoms. The van der Waals surface area contributed by atoms with Crippen LogP contribution in [0.5, 0.6) is 5.75 Å². The molecule has 1 spiro atoms. The zero-order valence-electron chi connectivity index (χ0n) is 17.7. The summed E-state index contributed by atoms with van der Waals surface area (Å²) in [5.74, 6) is 1.20. The lowest BCUT2D eigenvalue weighted by molar-refractivity contribution is -0.136. The average molecular weight is 399 g/mol. The summed E-state index contributed by atoms with van der Waals surface area (Å²) in [5.41, 5.74) is 2.44. The van der Waals surface area contributed by atoms with Gasteiger partial charge < -0.3 is 14.4 Å². The van der Waals surface area contributed by atoms with E-state index in [9.17, 15) is 4.79 Å². The molecule has 3 aliphatic heterocycles. The van der Waals surface area contributed by atoms with Crippen LogP contribution in [0.4, 0.5) is 0 Å². The lowest BCUT2D eigenvalue weighted by Gasteiger charge is -2.48. The summed E-state index contributed by atoms with van der Waals surface area (Å²) in [7, 11) is 2.03. The zero-order chi connectivity index (χ0) is 19.8. The van der Waals surface area contributed by atoms with Gasteiger partial charge >= 0.3 is 0 Å². The van der Waals surface area contributed by atoms with Gasteiger partial charge in [-0.1, -0.05) is 12.1 Å². The zero-order valence-corrected chi connectivity index (χ0v) is 17.7. The minimum absolute atomic E-state index is 0.0746. The fraction of sp³-hybridized carbons (Fsp3) is 0.708. The second-order valence-electron chi connectivity index (χ2n) is 9.43. The molecule has 2 saturated heterocycles. The number of nitrogens with zero attached hydrogens (tertiary/aromatic N) is 2. The summed E-state index contributed by atoms with van der Waals surface area (Å²) in [4.78, 5) is 18.0. The van der Waals surface area contributed by atoms with Gasteiger partial charge in [-0.2, -0.15) is 0 Å². The molecule has 0 radical (unpaired) electrons. The van der Waals surface area contributed by atoms with Crippen molar-refractivity contribution in [1.29, 1.82) is 0 Å². The van der Waals surface area contributed by atoms with Gasteiger partial charge in [0.25, 0.3) is 0 Å². The van der Waals surface area contributed by atoms with Crippen LogP contribution in [-0.2, 0) is 22.4 Å². The first-order valence-electron chi connectivity index (χ1n) is 11.5. The normalized spacial score (nSPS) is 31.8. The summed E-state index contributed by atoms with van der Waals surface area (Å²) in [6.45, 7) is 3.98. The number of carbonyl (C=O) groups is 1. The fourth-order valence-electron chi connectivity index (χ4n) is 6.16. The molecule has 5 heteroatoms. The van der Waals surface area contributed by atoms with Gasteiger partial charge in [0.2, 0.25) is 5.91 Å². The van der Waals surface area contributed by atoms with Gasteiger partial charge in [-0.05, 0) is 69.7 Å². The number of likely N-dealkylation sites (N-methyl/N-ethyl adjacent to an activating group) is 1. The van der Waals surface area contributed by atoms with E-state index in [1.165, 1.54) is 44.3 Å². The Morgan fingerprint density at radius 3 is 2.86 bits per heavy atom. The third-order valence-electron chi connectivity index (χ3n) is 7.79. The molecule has 3 atom stereocenters. The Morgan fingerprint density at radius 2 is 2.07 bits per heavy atom. The predicted octanol–water partition coefficient (Wildman–Crippen LogP) is 3.19. The topological polar surface area (TPSA) is 42.0 Å². The van der Waals surface area contributed by atoms with Gasteiger partial charge in [-0.3, -0.25) is 9.69 Å². The minimum atomic E-state index is 0.0746. The largest absolute Gasteiger partial charge is 0.493 e. The summed E-state index contributed by atoms with van der Waals surface area (Å²) >= 11 is 0. The van der Waals surface area contributed by atoms with E-state index in [1.54, 1.807) is 0 Å². The van der Waals surface area contributed by atoms with E-state index in [2.05, 4.69) is 15.9 Å². The van der Waals surface area contributed by atoms with E-state index >= 15 is 0 Å². The Labute approximate surface area is 174 Å². The summed E-state index contributed by atoms with van der Waals surface area (Å²) in [5, 5.41) is 0. The number of ether oxygens (including phenoxy) is 2. The van der Waals surface area contributed by atoms with Crippen LogP contribution in [-0.4, -0.2) is 66.7 Å². The molecular formula is C24H34N2O3. The molecule has 1 amide bonds. The minimum Gasteiger partial charge on any atom is -0.493 e. The van der Waals surface area contributed by atoms with Crippen molar-refractivity contribution in [2.24, 2.45) is 0 Å². The maximum Gasteiger partial charge on any atom is 0.227 e. The first-order chi connectivity index (χ1) is 14.2. The van der Waals surface area contributed by atoms with Crippen LogP contribution in [0.25, 0.3) is 0 Å². The number of carbonyl (C=O) groups excluding carboxylic acids is 1. The van der Waals surface area contributed by atoms with Crippen molar-refractivity contribution in [3.05, 3.63) is 29.3 Å². The van der Waals surface area contributed by atoms with E-state index in [0.717, 1.165) is 50.2 Å². The molecule has 5 nitrogen and oxygen atoms in total. The Bertz CT molecular complexity index is 752. The molecule has 4 aliphatic rings. The van der Waals surface area contributed by atoms with Crippen LogP contribution in [0, 0.1) is 0 Å². The highest BCUT2D eigenvalue weighted by atomic mass is 16.5. The monoisotopic (exact) mass is 398 g/mol. The maximum absolute atomic E-state index is 13.3. The predicted molar refractivity (Wildman–Crippen MR) is 112 cm³/mol. The first kappa shape index (κ1) is 19.4. The summed E-state index contributed by atoms with van der Waals surface area (Å²) in [6.07, 6.45) is 9.58. The standard InChI is InChI=1S/C24H34N2O3/c1-25(23(27)16-18-6-4-7-22-19(18)9-15-28-22)20-8-11-24(10-5-14-29-24)17-21(20)26-12-2-3-13-26/h4,6-7,20-21H,2-3,5,8-17H2,1H3/t20-,21-,24+/m0/s1. The van der Waals surface area contributed by atoms with E-state index in [4.69, 9.17) is 9.47 Å². The highest BCUT2D eigenvalue weighted by Crippen LogP contribution is 2.43. The molecule has 1 aromatic rings. The molecule has 3 fully saturated rings. The Morgan fingerprint density at radius 1 is 1.21 bits per heavy atom. The number of fused-ring (bicyclic) bond motifs is 1. The van der Waals surface area contributed by atoms with Crippen LogP contribution in [0.2, 0.25) is 0 Å². The van der Waals surface area contributed by atoms with Crippen molar-refractivity contribution in [2.75, 3.05) is 33.4 Å². The van der Waals surface area contributed by atoms with Crippen molar-refractivity contribution >= 4 is 5.91 Å². The third-order valence-corrected chi connectivity index (χ3v) is 7.79. The number of amides is 1. The fourth-order valence-corrected chi connectivity index (χ4v) is 6.16. The lowest BCUT2D eigenvalue weighted by Crippen LogP contribution is -2.58. The molecule has 1 saturated carbocycles. The molecule has 0 unspecified atom stereocenters. The molecular weight excluding hydrogens is 364 g/mol. The second-order valence-corrected chi connectivity index (χ2v) is 9.43. The number of hydrogen-bond acceptors (Lipinski definition) is 4. The van der Waals surface area contributed by atoms with Gasteiger partial charge in [-0.25, -0.2) is 0 Å². The number of likely N-dealkylation sites (tertiary alicyclic amines) is 1. The van der Waals surface area contributed by atoms with Crippen molar-refractivity contribution < 1.29 is 14.3 Å². The van der Waals surface area contributed by atoms with Crippen molar-refractivity contribution in [3.8, 4) is 5.75 Å².